The van der Waals surface area contributed by atoms with Gasteiger partial charge < -0.3 is 0 Å². The molecular weight excluding hydrogens is 326 g/mol. The molecule has 0 amide bonds. The van der Waals surface area contributed by atoms with Crippen LogP contribution < -0.4 is 0 Å². The number of halogens is 1. The summed E-state index contributed by atoms with van der Waals surface area (Å²) in [6.07, 6.45) is 5.07. The summed E-state index contributed by atoms with van der Waals surface area (Å²) in [6, 6.07) is 7.10. The fraction of sp³-hybridized carbons (Fsp3) is 0.571. The van der Waals surface area contributed by atoms with E-state index in [2.05, 4.69) is 22.9 Å². The van der Waals surface area contributed by atoms with Crippen LogP contribution in [-0.2, 0) is 10.0 Å². The highest BCUT2D eigenvalue weighted by Gasteiger charge is 2.32. The molecule has 0 spiro atoms. The molecule has 1 aliphatic rings. The number of rotatable bonds is 4. The van der Waals surface area contributed by atoms with E-state index < -0.39 is 10.0 Å². The molecule has 0 radical (unpaired) electrons. The Morgan fingerprint density at radius 1 is 1.26 bits per heavy atom. The van der Waals surface area contributed by atoms with Crippen LogP contribution in [0.4, 0.5) is 0 Å². The van der Waals surface area contributed by atoms with Gasteiger partial charge in [-0.05, 0) is 43.5 Å². The minimum absolute atomic E-state index is 0.174. The fourth-order valence-corrected chi connectivity index (χ4v) is 4.64. The number of hydrogen-bond donors (Lipinski definition) is 0. The summed E-state index contributed by atoms with van der Waals surface area (Å²) in [4.78, 5) is 0.402. The maximum Gasteiger partial charge on any atom is 0.243 e. The van der Waals surface area contributed by atoms with Crippen LogP contribution in [0.3, 0.4) is 0 Å². The minimum atomic E-state index is -3.34. The molecule has 1 unspecified atom stereocenters. The maximum atomic E-state index is 12.7. The lowest BCUT2D eigenvalue weighted by molar-refractivity contribution is 0.239. The van der Waals surface area contributed by atoms with E-state index in [-0.39, 0.29) is 6.04 Å². The second-order valence-electron chi connectivity index (χ2n) is 5.01. The molecule has 3 nitrogen and oxygen atoms in total. The Bertz CT molecular complexity index is 511. The Labute approximate surface area is 124 Å². The zero-order valence-corrected chi connectivity index (χ0v) is 13.6. The lowest BCUT2D eigenvalue weighted by Crippen LogP contribution is -2.43. The first kappa shape index (κ1) is 15.0. The molecular formula is C14H20BrNO2S. The third-order valence-corrected chi connectivity index (χ3v) is 6.11. The highest BCUT2D eigenvalue weighted by molar-refractivity contribution is 9.10. The summed E-state index contributed by atoms with van der Waals surface area (Å²) < 4.78 is 28.0. The van der Waals surface area contributed by atoms with Crippen LogP contribution in [0, 0.1) is 0 Å². The van der Waals surface area contributed by atoms with Crippen molar-refractivity contribution in [2.75, 3.05) is 6.54 Å². The van der Waals surface area contributed by atoms with E-state index in [1.165, 1.54) is 0 Å². The van der Waals surface area contributed by atoms with E-state index in [0.717, 1.165) is 36.6 Å². The van der Waals surface area contributed by atoms with Gasteiger partial charge in [0.25, 0.3) is 0 Å². The largest absolute Gasteiger partial charge is 0.243 e. The van der Waals surface area contributed by atoms with Crippen LogP contribution in [0.15, 0.2) is 33.6 Å². The first-order valence-electron chi connectivity index (χ1n) is 6.83. The number of piperidine rings is 1. The summed E-state index contributed by atoms with van der Waals surface area (Å²) in [7, 11) is -3.34. The summed E-state index contributed by atoms with van der Waals surface area (Å²) in [6.45, 7) is 2.77. The summed E-state index contributed by atoms with van der Waals surface area (Å²) in [5, 5.41) is 0. The highest BCUT2D eigenvalue weighted by Crippen LogP contribution is 2.28. The van der Waals surface area contributed by atoms with Crippen LogP contribution in [0.1, 0.15) is 39.0 Å². The Kier molecular flexibility index (Phi) is 5.03. The summed E-state index contributed by atoms with van der Waals surface area (Å²) in [5.74, 6) is 0. The second kappa shape index (κ2) is 6.37. The van der Waals surface area contributed by atoms with Gasteiger partial charge in [0.2, 0.25) is 10.0 Å². The van der Waals surface area contributed by atoms with Gasteiger partial charge in [0, 0.05) is 17.1 Å². The SMILES string of the molecule is CCCC1CCCCN1S(=O)(=O)c1ccc(Br)cc1. The van der Waals surface area contributed by atoms with E-state index >= 15 is 0 Å². The molecule has 1 fully saturated rings. The lowest BCUT2D eigenvalue weighted by atomic mass is 10.0. The van der Waals surface area contributed by atoms with Gasteiger partial charge >= 0.3 is 0 Å². The van der Waals surface area contributed by atoms with Crippen molar-refractivity contribution in [2.24, 2.45) is 0 Å². The number of hydrogen-bond acceptors (Lipinski definition) is 2. The maximum absolute atomic E-state index is 12.7. The van der Waals surface area contributed by atoms with E-state index in [4.69, 9.17) is 0 Å². The van der Waals surface area contributed by atoms with E-state index in [1.54, 1.807) is 28.6 Å². The van der Waals surface area contributed by atoms with Gasteiger partial charge in [0.15, 0.2) is 0 Å². The molecule has 19 heavy (non-hydrogen) atoms. The van der Waals surface area contributed by atoms with Crippen LogP contribution in [0.25, 0.3) is 0 Å². The monoisotopic (exact) mass is 345 g/mol. The quantitative estimate of drug-likeness (QED) is 0.832. The summed E-state index contributed by atoms with van der Waals surface area (Å²) >= 11 is 3.34. The van der Waals surface area contributed by atoms with E-state index in [0.29, 0.717) is 11.4 Å². The first-order chi connectivity index (χ1) is 9.05. The van der Waals surface area contributed by atoms with Gasteiger partial charge in [0.1, 0.15) is 0 Å². The zero-order valence-electron chi connectivity index (χ0n) is 11.2. The van der Waals surface area contributed by atoms with Crippen LogP contribution in [0.5, 0.6) is 0 Å². The number of benzene rings is 1. The van der Waals surface area contributed by atoms with Crippen molar-refractivity contribution in [3.63, 3.8) is 0 Å². The van der Waals surface area contributed by atoms with Gasteiger partial charge in [0.05, 0.1) is 4.90 Å². The molecule has 0 aliphatic carbocycles. The van der Waals surface area contributed by atoms with Gasteiger partial charge in [-0.25, -0.2) is 8.42 Å². The summed E-state index contributed by atoms with van der Waals surface area (Å²) in [5.41, 5.74) is 0. The van der Waals surface area contributed by atoms with Crippen LogP contribution in [0.2, 0.25) is 0 Å². The average molecular weight is 346 g/mol. The molecule has 1 aromatic rings. The zero-order chi connectivity index (χ0) is 13.9. The third kappa shape index (κ3) is 3.38. The predicted molar refractivity (Wildman–Crippen MR) is 80.6 cm³/mol. The van der Waals surface area contributed by atoms with Crippen molar-refractivity contribution < 1.29 is 8.42 Å². The molecule has 5 heteroatoms. The molecule has 1 heterocycles. The van der Waals surface area contributed by atoms with Gasteiger partial charge in [-0.2, -0.15) is 4.31 Å². The molecule has 0 N–H and O–H groups in total. The predicted octanol–water partition coefficient (Wildman–Crippen LogP) is 3.79. The van der Waals surface area contributed by atoms with Gasteiger partial charge in [-0.1, -0.05) is 35.7 Å². The first-order valence-corrected chi connectivity index (χ1v) is 9.06. The van der Waals surface area contributed by atoms with Gasteiger partial charge in [-0.15, -0.1) is 0 Å². The Hall–Kier alpha value is -0.390. The van der Waals surface area contributed by atoms with Crippen LogP contribution in [-0.4, -0.2) is 25.3 Å². The smallest absolute Gasteiger partial charge is 0.207 e. The molecule has 1 aliphatic heterocycles. The molecule has 0 bridgehead atoms. The average Bonchev–Trinajstić information content (AvgIpc) is 2.40. The van der Waals surface area contributed by atoms with Crippen molar-refractivity contribution in [3.05, 3.63) is 28.7 Å². The Balaban J connectivity index is 2.28. The normalized spacial score (nSPS) is 21.5. The van der Waals surface area contributed by atoms with Crippen LogP contribution >= 0.6 is 15.9 Å². The fourth-order valence-electron chi connectivity index (χ4n) is 2.65. The number of nitrogens with zero attached hydrogens (tertiary/aromatic N) is 1. The van der Waals surface area contributed by atoms with E-state index in [9.17, 15) is 8.42 Å². The third-order valence-electron chi connectivity index (χ3n) is 3.62. The van der Waals surface area contributed by atoms with Crippen molar-refractivity contribution >= 4 is 26.0 Å². The molecule has 1 atom stereocenters. The minimum Gasteiger partial charge on any atom is -0.207 e. The molecule has 2 rings (SSSR count). The topological polar surface area (TPSA) is 37.4 Å². The molecule has 0 saturated carbocycles. The van der Waals surface area contributed by atoms with E-state index in [1.807, 2.05) is 0 Å². The highest BCUT2D eigenvalue weighted by atomic mass is 79.9. The number of sulfonamides is 1. The Morgan fingerprint density at radius 2 is 1.95 bits per heavy atom. The standard InChI is InChI=1S/C14H20BrNO2S/c1-2-5-13-6-3-4-11-16(13)19(17,18)14-9-7-12(15)8-10-14/h7-10,13H,2-6,11H2,1H3. The molecule has 1 aromatic carbocycles. The lowest BCUT2D eigenvalue weighted by Gasteiger charge is -2.34. The van der Waals surface area contributed by atoms with Crippen molar-refractivity contribution in [2.45, 2.75) is 50.0 Å². The second-order valence-corrected chi connectivity index (χ2v) is 7.81. The molecule has 106 valence electrons. The van der Waals surface area contributed by atoms with Crippen molar-refractivity contribution in [1.29, 1.82) is 0 Å². The van der Waals surface area contributed by atoms with Crippen molar-refractivity contribution in [3.8, 4) is 0 Å². The Morgan fingerprint density at radius 3 is 2.58 bits per heavy atom. The molecule has 0 aromatic heterocycles. The molecule has 1 saturated heterocycles. The van der Waals surface area contributed by atoms with Crippen molar-refractivity contribution in [1.82, 2.24) is 4.31 Å². The van der Waals surface area contributed by atoms with Gasteiger partial charge in [-0.3, -0.25) is 0 Å².